The molecule has 0 aliphatic rings. The van der Waals surface area contributed by atoms with Gasteiger partial charge in [-0.05, 0) is 12.0 Å². The summed E-state index contributed by atoms with van der Waals surface area (Å²) in [5.41, 5.74) is 0.618. The molecule has 1 unspecified atom stereocenters. The van der Waals surface area contributed by atoms with Crippen LogP contribution in [0.1, 0.15) is 44.1 Å². The first-order chi connectivity index (χ1) is 10.3. The molecule has 122 valence electrons. The zero-order valence-corrected chi connectivity index (χ0v) is 13.3. The molecule has 0 radical (unpaired) electrons. The van der Waals surface area contributed by atoms with Crippen molar-refractivity contribution in [2.24, 2.45) is 0 Å². The standard InChI is InChI=1S/C15H21O6P/c1-2-3-5-10-13(12-8-6-4-7-9-12)14(15(16)17)11-21-22(18,19)20/h4,6-9,11,13H,2-3,5,10H2,1H3,(H,16,17)(H2,18,19,20). The normalized spacial score (nSPS) is 13.7. The lowest BCUT2D eigenvalue weighted by Crippen LogP contribution is -2.12. The van der Waals surface area contributed by atoms with Gasteiger partial charge < -0.3 is 9.63 Å². The highest BCUT2D eigenvalue weighted by Crippen LogP contribution is 2.38. The molecule has 1 aromatic carbocycles. The van der Waals surface area contributed by atoms with E-state index in [-0.39, 0.29) is 5.57 Å². The third kappa shape index (κ3) is 6.43. The van der Waals surface area contributed by atoms with Gasteiger partial charge in [0.25, 0.3) is 0 Å². The molecule has 0 bridgehead atoms. The van der Waals surface area contributed by atoms with Crippen molar-refractivity contribution in [3.63, 3.8) is 0 Å². The summed E-state index contributed by atoms with van der Waals surface area (Å²) in [5.74, 6) is -1.73. The van der Waals surface area contributed by atoms with Gasteiger partial charge in [0.15, 0.2) is 0 Å². The summed E-state index contributed by atoms with van der Waals surface area (Å²) < 4.78 is 15.1. The van der Waals surface area contributed by atoms with Gasteiger partial charge in [0, 0.05) is 5.92 Å². The minimum Gasteiger partial charge on any atom is -0.478 e. The van der Waals surface area contributed by atoms with E-state index in [0.717, 1.165) is 24.8 Å². The summed E-state index contributed by atoms with van der Waals surface area (Å²) in [5, 5.41) is 9.36. The fourth-order valence-electron chi connectivity index (χ4n) is 2.19. The van der Waals surface area contributed by atoms with Gasteiger partial charge in [-0.2, -0.15) is 0 Å². The van der Waals surface area contributed by atoms with E-state index in [1.165, 1.54) is 0 Å². The Labute approximate surface area is 129 Å². The van der Waals surface area contributed by atoms with Gasteiger partial charge in [-0.1, -0.05) is 56.5 Å². The number of phosphoric ester groups is 1. The van der Waals surface area contributed by atoms with Crippen LogP contribution in [-0.4, -0.2) is 20.9 Å². The number of carboxylic acid groups (broad SMARTS) is 1. The van der Waals surface area contributed by atoms with Crippen LogP contribution in [0, 0.1) is 0 Å². The van der Waals surface area contributed by atoms with E-state index in [4.69, 9.17) is 9.79 Å². The van der Waals surface area contributed by atoms with E-state index >= 15 is 0 Å². The van der Waals surface area contributed by atoms with E-state index in [1.807, 2.05) is 13.0 Å². The molecule has 0 saturated heterocycles. The summed E-state index contributed by atoms with van der Waals surface area (Å²) in [6, 6.07) is 9.01. The maximum Gasteiger partial charge on any atom is 0.524 e. The lowest BCUT2D eigenvalue weighted by atomic mass is 9.87. The van der Waals surface area contributed by atoms with E-state index in [2.05, 4.69) is 4.52 Å². The maximum absolute atomic E-state index is 11.5. The molecule has 1 atom stereocenters. The molecule has 0 spiro atoms. The molecule has 1 rings (SSSR count). The highest BCUT2D eigenvalue weighted by molar-refractivity contribution is 7.46. The topological polar surface area (TPSA) is 104 Å². The molecule has 0 aliphatic carbocycles. The zero-order chi connectivity index (χ0) is 16.6. The summed E-state index contributed by atoms with van der Waals surface area (Å²) in [7, 11) is -4.76. The summed E-state index contributed by atoms with van der Waals surface area (Å²) in [6.07, 6.45) is 4.01. The first-order valence-corrected chi connectivity index (χ1v) is 8.60. The average Bonchev–Trinajstić information content (AvgIpc) is 2.45. The Hall–Kier alpha value is -1.62. The predicted octanol–water partition coefficient (Wildman–Crippen LogP) is 3.43. The number of aliphatic carboxylic acids is 1. The second-order valence-corrected chi connectivity index (χ2v) is 6.13. The number of rotatable bonds is 9. The molecule has 0 amide bonds. The molecular formula is C15H21O6P. The van der Waals surface area contributed by atoms with Crippen molar-refractivity contribution in [2.75, 3.05) is 0 Å². The zero-order valence-electron chi connectivity index (χ0n) is 12.4. The number of hydrogen-bond acceptors (Lipinski definition) is 3. The summed E-state index contributed by atoms with van der Waals surface area (Å²) in [4.78, 5) is 29.0. The van der Waals surface area contributed by atoms with Gasteiger partial charge in [0.2, 0.25) is 0 Å². The third-order valence-electron chi connectivity index (χ3n) is 3.24. The molecule has 0 saturated carbocycles. The van der Waals surface area contributed by atoms with Gasteiger partial charge in [-0.3, -0.25) is 9.79 Å². The SMILES string of the molecule is CCCCCC(C(=COP(=O)(O)O)C(=O)O)c1ccccc1. The summed E-state index contributed by atoms with van der Waals surface area (Å²) >= 11 is 0. The Morgan fingerprint density at radius 1 is 1.27 bits per heavy atom. The van der Waals surface area contributed by atoms with E-state index in [9.17, 15) is 14.5 Å². The largest absolute Gasteiger partial charge is 0.524 e. The first kappa shape index (κ1) is 18.4. The maximum atomic E-state index is 11.5. The van der Waals surface area contributed by atoms with Crippen LogP contribution in [0.5, 0.6) is 0 Å². The van der Waals surface area contributed by atoms with Crippen LogP contribution < -0.4 is 0 Å². The number of benzene rings is 1. The van der Waals surface area contributed by atoms with Crippen LogP contribution >= 0.6 is 7.82 Å². The molecular weight excluding hydrogens is 307 g/mol. The lowest BCUT2D eigenvalue weighted by Gasteiger charge is -2.18. The van der Waals surface area contributed by atoms with Gasteiger partial charge in [-0.15, -0.1) is 0 Å². The van der Waals surface area contributed by atoms with Crippen molar-refractivity contribution < 1.29 is 28.8 Å². The molecule has 22 heavy (non-hydrogen) atoms. The molecule has 6 nitrogen and oxygen atoms in total. The molecule has 0 aliphatic heterocycles. The molecule has 0 heterocycles. The van der Waals surface area contributed by atoms with Crippen molar-refractivity contribution >= 4 is 13.8 Å². The van der Waals surface area contributed by atoms with Gasteiger partial charge in [0.1, 0.15) is 6.26 Å². The molecule has 0 fully saturated rings. The van der Waals surface area contributed by atoms with Crippen LogP contribution in [0.4, 0.5) is 0 Å². The Kier molecular flexibility index (Phi) is 7.32. The highest BCUT2D eigenvalue weighted by atomic mass is 31.2. The Bertz CT molecular complexity index is 548. The Morgan fingerprint density at radius 3 is 2.41 bits per heavy atom. The van der Waals surface area contributed by atoms with Crippen molar-refractivity contribution in [2.45, 2.75) is 38.5 Å². The molecule has 7 heteroatoms. The van der Waals surface area contributed by atoms with Crippen LogP contribution in [-0.2, 0) is 13.9 Å². The van der Waals surface area contributed by atoms with E-state index in [1.54, 1.807) is 24.3 Å². The van der Waals surface area contributed by atoms with Crippen LogP contribution in [0.2, 0.25) is 0 Å². The smallest absolute Gasteiger partial charge is 0.478 e. The second-order valence-electron chi connectivity index (χ2n) is 4.93. The quantitative estimate of drug-likeness (QED) is 0.278. The number of carboxylic acids is 1. The van der Waals surface area contributed by atoms with Crippen LogP contribution in [0.25, 0.3) is 0 Å². The number of carbonyl (C=O) groups is 1. The van der Waals surface area contributed by atoms with Gasteiger partial charge in [0.05, 0.1) is 5.57 Å². The monoisotopic (exact) mass is 328 g/mol. The lowest BCUT2D eigenvalue weighted by molar-refractivity contribution is -0.133. The van der Waals surface area contributed by atoms with Crippen molar-refractivity contribution in [3.05, 3.63) is 47.7 Å². The van der Waals surface area contributed by atoms with Gasteiger partial charge in [-0.25, -0.2) is 9.36 Å². The third-order valence-corrected chi connectivity index (χ3v) is 3.62. The average molecular weight is 328 g/mol. The first-order valence-electron chi connectivity index (χ1n) is 7.07. The Morgan fingerprint density at radius 2 is 1.91 bits per heavy atom. The number of unbranched alkanes of at least 4 members (excludes halogenated alkanes) is 2. The molecule has 1 aromatic rings. The van der Waals surface area contributed by atoms with Crippen LogP contribution in [0.3, 0.4) is 0 Å². The molecule has 0 aromatic heterocycles. The Balaban J connectivity index is 3.09. The minimum atomic E-state index is -4.76. The second kappa shape index (κ2) is 8.73. The summed E-state index contributed by atoms with van der Waals surface area (Å²) in [6.45, 7) is 2.04. The van der Waals surface area contributed by atoms with Crippen LogP contribution in [0.15, 0.2) is 42.2 Å². The predicted molar refractivity (Wildman–Crippen MR) is 82.2 cm³/mol. The van der Waals surface area contributed by atoms with E-state index < -0.39 is 19.7 Å². The van der Waals surface area contributed by atoms with Crippen molar-refractivity contribution in [1.29, 1.82) is 0 Å². The van der Waals surface area contributed by atoms with Crippen molar-refractivity contribution in [1.82, 2.24) is 0 Å². The fourth-order valence-corrected chi connectivity index (χ4v) is 2.44. The number of phosphoric acid groups is 1. The molecule has 3 N–H and O–H groups in total. The highest BCUT2D eigenvalue weighted by Gasteiger charge is 2.24. The fraction of sp³-hybridized carbons (Fsp3) is 0.400. The van der Waals surface area contributed by atoms with E-state index in [0.29, 0.717) is 12.7 Å². The minimum absolute atomic E-state index is 0.161. The van der Waals surface area contributed by atoms with Gasteiger partial charge >= 0.3 is 13.8 Å². The van der Waals surface area contributed by atoms with Crippen molar-refractivity contribution in [3.8, 4) is 0 Å². The number of hydrogen-bond donors (Lipinski definition) is 3.